The van der Waals surface area contributed by atoms with E-state index in [9.17, 15) is 38.7 Å². The summed E-state index contributed by atoms with van der Waals surface area (Å²) in [6.45, 7) is 16.7. The van der Waals surface area contributed by atoms with Crippen molar-refractivity contribution < 1.29 is 71.8 Å². The fraction of sp³-hybridized carbons (Fsp3) is 0.600. The number of fused-ring (bicyclic) bond motifs is 5. The first-order valence-corrected chi connectivity index (χ1v) is 30.6. The molecule has 0 unspecified atom stereocenters. The second-order valence-electron chi connectivity index (χ2n) is 23.4. The Labute approximate surface area is 524 Å². The zero-order chi connectivity index (χ0) is 64.6. The van der Waals surface area contributed by atoms with Crippen molar-refractivity contribution in [3.05, 3.63) is 76.3 Å². The SMILES string of the molecule is COc1cc2cc(c1Cl)N(C)C(=O)C[C@H](OC(=O)[C@H](C)N(C)C(=O)CCSC(=S)NCc1ccc(NC(=O)[C@H](CCCNCOCN)NC(=O)[C@@H](NC(=O)OC(C)(C)C)C(C)C)cc1)[C@]1(C)O[C@H]1[C@H](C)[C@@H]1C[C@@](O)(NC(=O)O1)[C@H](OC)/C=C/C=C(\C)C2. The normalized spacial score (nSPS) is 24.3. The Kier molecular flexibility index (Phi) is 26.7. The van der Waals surface area contributed by atoms with Gasteiger partial charge in [0.05, 0.1) is 38.8 Å². The molecule has 24 nitrogen and oxygen atoms in total. The molecule has 0 aliphatic carbocycles. The maximum absolute atomic E-state index is 14.4. The van der Waals surface area contributed by atoms with Crippen LogP contribution in [0, 0.1) is 11.8 Å². The Morgan fingerprint density at radius 3 is 2.41 bits per heavy atom. The summed E-state index contributed by atoms with van der Waals surface area (Å²) in [7, 11) is 5.92. The lowest BCUT2D eigenvalue weighted by Crippen LogP contribution is -2.63. The smallest absolute Gasteiger partial charge is 0.409 e. The van der Waals surface area contributed by atoms with Crippen LogP contribution in [0.1, 0.15) is 106 Å². The third-order valence-corrected chi connectivity index (χ3v) is 16.8. The molecule has 6 amide bonds. The van der Waals surface area contributed by atoms with Gasteiger partial charge in [-0.15, -0.1) is 0 Å². The molecular weight excluding hydrogens is 1190 g/mol. The van der Waals surface area contributed by atoms with Crippen molar-refractivity contribution in [2.24, 2.45) is 17.6 Å². The van der Waals surface area contributed by atoms with Crippen molar-refractivity contribution in [2.45, 2.75) is 167 Å². The number of rotatable bonds is 23. The number of likely N-dealkylation sites (N-methyl/N-ethyl adjacent to an activating group) is 1. The molecule has 0 radical (unpaired) electrons. The van der Waals surface area contributed by atoms with Crippen molar-refractivity contribution in [1.29, 1.82) is 0 Å². The third kappa shape index (κ3) is 20.7. The van der Waals surface area contributed by atoms with Crippen LogP contribution >= 0.6 is 35.6 Å². The van der Waals surface area contributed by atoms with E-state index in [0.717, 1.165) is 16.7 Å². The van der Waals surface area contributed by atoms with Crippen molar-refractivity contribution in [3.8, 4) is 5.75 Å². The van der Waals surface area contributed by atoms with Gasteiger partial charge in [-0.05, 0) is 109 Å². The van der Waals surface area contributed by atoms with Crippen molar-refractivity contribution in [3.63, 3.8) is 0 Å². The van der Waals surface area contributed by atoms with E-state index in [0.29, 0.717) is 47.4 Å². The lowest BCUT2D eigenvalue weighted by atomic mass is 9.83. The number of thiocarbonyl (C=S) groups is 1. The summed E-state index contributed by atoms with van der Waals surface area (Å²) in [6, 6.07) is 7.52. The van der Waals surface area contributed by atoms with Gasteiger partial charge < -0.3 is 75.1 Å². The maximum atomic E-state index is 14.4. The summed E-state index contributed by atoms with van der Waals surface area (Å²) in [4.78, 5) is 97.8. The number of alkyl carbamates (subject to hydrolysis) is 2. The number of esters is 1. The first-order chi connectivity index (χ1) is 40.9. The van der Waals surface area contributed by atoms with Crippen LogP contribution in [-0.2, 0) is 65.4 Å². The van der Waals surface area contributed by atoms with Crippen LogP contribution in [0.25, 0.3) is 0 Å². The van der Waals surface area contributed by atoms with E-state index < -0.39 is 101 Å². The molecule has 27 heteroatoms. The summed E-state index contributed by atoms with van der Waals surface area (Å²) >= 11 is 13.7. The second kappa shape index (κ2) is 32.4. The molecule has 5 rings (SSSR count). The van der Waals surface area contributed by atoms with Gasteiger partial charge in [0.15, 0.2) is 5.72 Å². The molecule has 482 valence electrons. The summed E-state index contributed by atoms with van der Waals surface area (Å²) in [5, 5.41) is 29.2. The van der Waals surface area contributed by atoms with Gasteiger partial charge in [-0.25, -0.2) is 14.4 Å². The molecule has 0 aromatic heterocycles. The summed E-state index contributed by atoms with van der Waals surface area (Å²) in [6.07, 6.45) is 0.411. The van der Waals surface area contributed by atoms with Crippen LogP contribution < -0.4 is 47.3 Å². The molecule has 9 N–H and O–H groups in total. The molecule has 0 spiro atoms. The number of methoxy groups -OCH3 is 2. The number of carbonyl (C=O) groups is 7. The van der Waals surface area contributed by atoms with Crippen LogP contribution in [-0.4, -0.2) is 170 Å². The molecule has 3 aliphatic heterocycles. The molecule has 3 aliphatic rings. The highest BCUT2D eigenvalue weighted by molar-refractivity contribution is 8.22. The Morgan fingerprint density at radius 1 is 1.07 bits per heavy atom. The van der Waals surface area contributed by atoms with Gasteiger partial charge >= 0.3 is 18.2 Å². The minimum atomic E-state index is -1.88. The van der Waals surface area contributed by atoms with Gasteiger partial charge in [0, 0.05) is 57.9 Å². The molecular formula is C60H88ClN9O15S2. The standard InChI is InChI=1S/C60H88ClN9O15S2/c1-34(2)50(67-55(76)85-58(6,7)8)53(74)66-41(17-15-24-63-33-81-32-62)52(73)65-40-21-19-38(20-22-40)31-64-57(86)87-25-23-47(71)69(10)37(5)54(75)83-46-29-48(72)70(11)42-27-39(28-43(79-12)49(42)61)26-35(3)16-14-18-45(80-13)60(78)30-44(82-56(77)68-60)36(4)51-59(46,9)84-51/h14,16,18-22,27-28,34,36-37,41,44-46,50-51,63,78H,15,17,23-26,29-33,62H2,1-13H3,(H,64,86)(H,65,73)(H,66,74)(H,67,76)(H,68,77)/b18-14+,35-16+/t36-,37+,41+,44+,45-,46+,50+,51+,59+,60+/m1/s1. The number of nitrogens with one attached hydrogen (secondary N) is 6. The lowest BCUT2D eigenvalue weighted by molar-refractivity contribution is -0.162. The molecule has 2 aromatic carbocycles. The number of aliphatic hydroxyl groups is 1. The molecule has 87 heavy (non-hydrogen) atoms. The lowest BCUT2D eigenvalue weighted by Gasteiger charge is -2.42. The number of halogens is 1. The highest BCUT2D eigenvalue weighted by Gasteiger charge is 2.64. The van der Waals surface area contributed by atoms with Crippen molar-refractivity contribution in [1.82, 2.24) is 31.5 Å². The number of epoxide rings is 1. The largest absolute Gasteiger partial charge is 0.495 e. The average molecular weight is 1270 g/mol. The number of hydrogen-bond donors (Lipinski definition) is 8. The van der Waals surface area contributed by atoms with E-state index in [1.54, 1.807) is 104 Å². The fourth-order valence-corrected chi connectivity index (χ4v) is 11.2. The van der Waals surface area contributed by atoms with Crippen LogP contribution in [0.3, 0.4) is 0 Å². The Hall–Kier alpha value is -6.10. The summed E-state index contributed by atoms with van der Waals surface area (Å²) in [5.74, 6) is -3.00. The Bertz CT molecular complexity index is 2820. The number of allylic oxidation sites excluding steroid dienone is 3. The van der Waals surface area contributed by atoms with E-state index in [-0.39, 0.29) is 61.7 Å². The second-order valence-corrected chi connectivity index (χ2v) is 25.6. The molecule has 0 saturated carbocycles. The minimum absolute atomic E-state index is 0.000796. The number of ether oxygens (including phenoxy) is 7. The van der Waals surface area contributed by atoms with Crippen LogP contribution in [0.5, 0.6) is 5.75 Å². The fourth-order valence-electron chi connectivity index (χ4n) is 9.92. The minimum Gasteiger partial charge on any atom is -0.495 e. The van der Waals surface area contributed by atoms with Crippen molar-refractivity contribution in [2.75, 3.05) is 64.3 Å². The molecule has 2 saturated heterocycles. The number of amides is 6. The van der Waals surface area contributed by atoms with Crippen LogP contribution in [0.15, 0.2) is 60.2 Å². The third-order valence-electron chi connectivity index (χ3n) is 15.2. The van der Waals surface area contributed by atoms with Gasteiger partial charge in [-0.3, -0.25) is 29.8 Å². The first kappa shape index (κ1) is 71.7. The molecule has 4 bridgehead atoms. The number of hydrogen-bond acceptors (Lipinski definition) is 19. The number of thioether (sulfide) groups is 1. The zero-order valence-electron chi connectivity index (χ0n) is 52.0. The van der Waals surface area contributed by atoms with Crippen LogP contribution in [0.2, 0.25) is 5.02 Å². The van der Waals surface area contributed by atoms with Crippen molar-refractivity contribution >= 4 is 93.1 Å². The topological polar surface area (TPSA) is 312 Å². The van der Waals surface area contributed by atoms with Gasteiger partial charge in [0.1, 0.15) is 62.7 Å². The van der Waals surface area contributed by atoms with Gasteiger partial charge in [-0.2, -0.15) is 0 Å². The number of carbonyl (C=O) groups excluding carboxylic acids is 7. The number of nitrogens with zero attached hydrogens (tertiary/aromatic N) is 2. The van der Waals surface area contributed by atoms with E-state index >= 15 is 0 Å². The van der Waals surface area contributed by atoms with Gasteiger partial charge in [-0.1, -0.05) is 92.3 Å². The monoisotopic (exact) mass is 1270 g/mol. The molecule has 10 atom stereocenters. The van der Waals surface area contributed by atoms with E-state index in [1.807, 2.05) is 13.0 Å². The summed E-state index contributed by atoms with van der Waals surface area (Å²) < 4.78 is 40.5. The highest BCUT2D eigenvalue weighted by Crippen LogP contribution is 2.49. The zero-order valence-corrected chi connectivity index (χ0v) is 54.4. The van der Waals surface area contributed by atoms with Crippen LogP contribution in [0.4, 0.5) is 21.0 Å². The molecule has 3 heterocycles. The predicted octanol–water partition coefficient (Wildman–Crippen LogP) is 5.95. The number of anilines is 2. The summed E-state index contributed by atoms with van der Waals surface area (Å²) in [5.41, 5.74) is 4.74. The average Bonchev–Trinajstić information content (AvgIpc) is 2.04. The number of benzene rings is 2. The van der Waals surface area contributed by atoms with E-state index in [1.165, 1.54) is 49.8 Å². The predicted molar refractivity (Wildman–Crippen MR) is 335 cm³/mol. The quantitative estimate of drug-likeness (QED) is 0.0159. The van der Waals surface area contributed by atoms with E-state index in [2.05, 4.69) is 31.9 Å². The molecule has 2 fully saturated rings. The van der Waals surface area contributed by atoms with Gasteiger partial charge in [0.2, 0.25) is 23.6 Å². The van der Waals surface area contributed by atoms with E-state index in [4.69, 9.17) is 62.7 Å². The van der Waals surface area contributed by atoms with Gasteiger partial charge in [0.25, 0.3) is 0 Å². The Morgan fingerprint density at radius 2 is 1.77 bits per heavy atom. The maximum Gasteiger partial charge on any atom is 0.409 e. The highest BCUT2D eigenvalue weighted by atomic mass is 35.5. The molecule has 2 aromatic rings. The Balaban J connectivity index is 1.20. The first-order valence-electron chi connectivity index (χ1n) is 28.9. The number of nitrogens with two attached hydrogens (primary N) is 1.